The maximum Gasteiger partial charge on any atom is 0.294 e. The molecule has 0 radical (unpaired) electrons. The summed E-state index contributed by atoms with van der Waals surface area (Å²) in [5.74, 6) is 0.0171. The van der Waals surface area contributed by atoms with Crippen molar-refractivity contribution in [2.45, 2.75) is 20.5 Å². The lowest BCUT2D eigenvalue weighted by Gasteiger charge is -2.14. The smallest absolute Gasteiger partial charge is 0.294 e. The third kappa shape index (κ3) is 6.47. The van der Waals surface area contributed by atoms with Gasteiger partial charge in [-0.25, -0.2) is 0 Å². The summed E-state index contributed by atoms with van der Waals surface area (Å²) in [6.45, 7) is 3.89. The molecule has 4 aromatic carbocycles. The van der Waals surface area contributed by atoms with E-state index in [0.29, 0.717) is 33.8 Å². The third-order valence-corrected chi connectivity index (χ3v) is 8.21. The van der Waals surface area contributed by atoms with Crippen LogP contribution in [0.25, 0.3) is 16.8 Å². The van der Waals surface area contributed by atoms with Crippen molar-refractivity contribution in [2.24, 2.45) is 0 Å². The van der Waals surface area contributed by atoms with Gasteiger partial charge in [0.15, 0.2) is 11.5 Å². The Morgan fingerprint density at radius 3 is 2.51 bits per heavy atom. The van der Waals surface area contributed by atoms with Gasteiger partial charge >= 0.3 is 0 Å². The number of halogens is 1. The van der Waals surface area contributed by atoms with Crippen molar-refractivity contribution in [2.75, 3.05) is 19.0 Å². The second-order valence-electron chi connectivity index (χ2n) is 9.62. The number of methoxy groups -OCH3 is 1. The van der Waals surface area contributed by atoms with E-state index in [-0.39, 0.29) is 11.4 Å². The first kappa shape index (κ1) is 28.4. The van der Waals surface area contributed by atoms with E-state index < -0.39 is 17.1 Å². The highest BCUT2D eigenvalue weighted by Gasteiger charge is 2.36. The number of aryl methyl sites for hydroxylation is 2. The summed E-state index contributed by atoms with van der Waals surface area (Å²) in [5.41, 5.74) is 4.39. The van der Waals surface area contributed by atoms with Crippen LogP contribution in [0.1, 0.15) is 22.3 Å². The highest BCUT2D eigenvalue weighted by atomic mass is 79.9. The summed E-state index contributed by atoms with van der Waals surface area (Å²) in [6.07, 6.45) is 1.60. The zero-order valence-corrected chi connectivity index (χ0v) is 25.1. The van der Waals surface area contributed by atoms with E-state index in [1.54, 1.807) is 24.3 Å². The Morgan fingerprint density at radius 2 is 1.76 bits per heavy atom. The number of rotatable bonds is 8. The van der Waals surface area contributed by atoms with E-state index in [4.69, 9.17) is 9.47 Å². The summed E-state index contributed by atoms with van der Waals surface area (Å²) < 4.78 is 12.3. The third-order valence-electron chi connectivity index (χ3n) is 6.71. The van der Waals surface area contributed by atoms with Crippen LogP contribution in [0.2, 0.25) is 0 Å². The lowest BCUT2D eigenvalue weighted by Crippen LogP contribution is -2.36. The maximum absolute atomic E-state index is 13.0. The summed E-state index contributed by atoms with van der Waals surface area (Å²) in [7, 11) is 1.54. The first-order chi connectivity index (χ1) is 19.7. The zero-order chi connectivity index (χ0) is 29.1. The van der Waals surface area contributed by atoms with Crippen molar-refractivity contribution >= 4 is 67.3 Å². The SMILES string of the molecule is COc1cc(/C=C2/SC(=O)N(CC(=O)Nc3ccc(C)c(C)c3)C2=O)cc(Br)c1OCc1ccc2ccccc2c1. The van der Waals surface area contributed by atoms with E-state index in [2.05, 4.69) is 45.5 Å². The molecule has 1 aliphatic rings. The number of hydrogen-bond donors (Lipinski definition) is 1. The number of fused-ring (bicyclic) bond motifs is 1. The predicted octanol–water partition coefficient (Wildman–Crippen LogP) is 7.48. The van der Waals surface area contributed by atoms with Crippen LogP contribution in [0.3, 0.4) is 0 Å². The number of carbonyl (C=O) groups excluding carboxylic acids is 3. The van der Waals surface area contributed by atoms with Gasteiger partial charge in [0.2, 0.25) is 5.91 Å². The Balaban J connectivity index is 1.28. The molecule has 9 heteroatoms. The summed E-state index contributed by atoms with van der Waals surface area (Å²) in [4.78, 5) is 39.4. The molecule has 0 bridgehead atoms. The van der Waals surface area contributed by atoms with Crippen molar-refractivity contribution in [3.8, 4) is 11.5 Å². The van der Waals surface area contributed by atoms with E-state index in [1.807, 2.05) is 44.2 Å². The van der Waals surface area contributed by atoms with Gasteiger partial charge in [-0.15, -0.1) is 0 Å². The second-order valence-corrected chi connectivity index (χ2v) is 11.5. The molecule has 1 aliphatic heterocycles. The highest BCUT2D eigenvalue weighted by molar-refractivity contribution is 9.10. The number of nitrogens with zero attached hydrogens (tertiary/aromatic N) is 1. The van der Waals surface area contributed by atoms with Crippen LogP contribution in [0.15, 0.2) is 82.2 Å². The van der Waals surface area contributed by atoms with Gasteiger partial charge in [-0.2, -0.15) is 0 Å². The highest BCUT2D eigenvalue weighted by Crippen LogP contribution is 2.39. The molecule has 208 valence electrons. The Bertz CT molecular complexity index is 1720. The molecule has 0 aliphatic carbocycles. The van der Waals surface area contributed by atoms with Crippen LogP contribution < -0.4 is 14.8 Å². The molecule has 4 aromatic rings. The quantitative estimate of drug-likeness (QED) is 0.203. The Labute approximate surface area is 250 Å². The average Bonchev–Trinajstić information content (AvgIpc) is 3.21. The molecule has 1 N–H and O–H groups in total. The van der Waals surface area contributed by atoms with Crippen LogP contribution in [-0.4, -0.2) is 35.6 Å². The number of amides is 3. The molecular weight excluding hydrogens is 604 g/mol. The van der Waals surface area contributed by atoms with Gasteiger partial charge in [0.25, 0.3) is 11.1 Å². The largest absolute Gasteiger partial charge is 0.493 e. The summed E-state index contributed by atoms with van der Waals surface area (Å²) in [5, 5.41) is 4.54. The molecule has 1 fully saturated rings. The fourth-order valence-corrected chi connectivity index (χ4v) is 5.81. The normalized spacial score (nSPS) is 14.1. The Morgan fingerprint density at radius 1 is 0.976 bits per heavy atom. The first-order valence-electron chi connectivity index (χ1n) is 12.8. The number of ether oxygens (including phenoxy) is 2. The van der Waals surface area contributed by atoms with Crippen LogP contribution in [0.4, 0.5) is 10.5 Å². The second kappa shape index (κ2) is 12.2. The molecule has 1 saturated heterocycles. The lowest BCUT2D eigenvalue weighted by atomic mass is 10.1. The van der Waals surface area contributed by atoms with Crippen LogP contribution in [0.5, 0.6) is 11.5 Å². The number of benzene rings is 4. The molecule has 1 heterocycles. The van der Waals surface area contributed by atoms with Crippen molar-refractivity contribution in [3.05, 3.63) is 104 Å². The maximum atomic E-state index is 13.0. The van der Waals surface area contributed by atoms with Gasteiger partial charge in [-0.05, 0) is 111 Å². The summed E-state index contributed by atoms with van der Waals surface area (Å²) >= 11 is 4.35. The standard InChI is InChI=1S/C32H27BrN2O5S/c1-19-8-11-25(12-20(19)2)34-29(36)17-35-31(37)28(41-32(35)38)16-22-14-26(33)30(27(15-22)39-3)40-18-21-9-10-23-6-4-5-7-24(23)13-21/h4-16H,17-18H2,1-3H3,(H,34,36)/b28-16+. The monoisotopic (exact) mass is 630 g/mol. The molecule has 41 heavy (non-hydrogen) atoms. The molecule has 5 rings (SSSR count). The number of imide groups is 1. The minimum absolute atomic E-state index is 0.216. The minimum atomic E-state index is -0.526. The minimum Gasteiger partial charge on any atom is -0.493 e. The molecule has 7 nitrogen and oxygen atoms in total. The molecular formula is C32H27BrN2O5S. The van der Waals surface area contributed by atoms with Crippen molar-refractivity contribution in [1.29, 1.82) is 0 Å². The average molecular weight is 632 g/mol. The van der Waals surface area contributed by atoms with Gasteiger partial charge in [0.1, 0.15) is 13.2 Å². The van der Waals surface area contributed by atoms with Crippen LogP contribution in [-0.2, 0) is 16.2 Å². The molecule has 0 saturated carbocycles. The number of anilines is 1. The Kier molecular flexibility index (Phi) is 8.46. The zero-order valence-electron chi connectivity index (χ0n) is 22.7. The van der Waals surface area contributed by atoms with Gasteiger partial charge in [0.05, 0.1) is 16.5 Å². The molecule has 0 aromatic heterocycles. The Hall–Kier alpha value is -4.08. The molecule has 0 unspecified atom stereocenters. The number of hydrogen-bond acceptors (Lipinski definition) is 6. The fraction of sp³-hybridized carbons (Fsp3) is 0.156. The van der Waals surface area contributed by atoms with E-state index in [0.717, 1.165) is 44.1 Å². The van der Waals surface area contributed by atoms with Crippen molar-refractivity contribution in [1.82, 2.24) is 4.90 Å². The van der Waals surface area contributed by atoms with E-state index in [9.17, 15) is 14.4 Å². The molecule has 0 spiro atoms. The van der Waals surface area contributed by atoms with E-state index in [1.165, 1.54) is 7.11 Å². The van der Waals surface area contributed by atoms with E-state index >= 15 is 0 Å². The molecule has 0 atom stereocenters. The molecule has 3 amide bonds. The first-order valence-corrected chi connectivity index (χ1v) is 14.4. The lowest BCUT2D eigenvalue weighted by molar-refractivity contribution is -0.127. The topological polar surface area (TPSA) is 84.9 Å². The number of thioether (sulfide) groups is 1. The van der Waals surface area contributed by atoms with Crippen molar-refractivity contribution < 1.29 is 23.9 Å². The predicted molar refractivity (Wildman–Crippen MR) is 166 cm³/mol. The van der Waals surface area contributed by atoms with Gasteiger partial charge in [-0.1, -0.05) is 42.5 Å². The van der Waals surface area contributed by atoms with Crippen LogP contribution in [0, 0.1) is 13.8 Å². The van der Waals surface area contributed by atoms with Crippen molar-refractivity contribution in [3.63, 3.8) is 0 Å². The van der Waals surface area contributed by atoms with Crippen LogP contribution >= 0.6 is 27.7 Å². The fourth-order valence-electron chi connectivity index (χ4n) is 4.40. The number of nitrogens with one attached hydrogen (secondary N) is 1. The van der Waals surface area contributed by atoms with Gasteiger partial charge < -0.3 is 14.8 Å². The summed E-state index contributed by atoms with van der Waals surface area (Å²) in [6, 6.07) is 23.4. The number of carbonyl (C=O) groups is 3. The van der Waals surface area contributed by atoms with Gasteiger partial charge in [0, 0.05) is 5.69 Å². The van der Waals surface area contributed by atoms with Gasteiger partial charge in [-0.3, -0.25) is 19.3 Å².